The number of nitrogens with zero attached hydrogens (tertiary/aromatic N) is 2. The van der Waals surface area contributed by atoms with Crippen molar-refractivity contribution in [3.8, 4) is 0 Å². The molecule has 0 radical (unpaired) electrons. The second kappa shape index (κ2) is 7.59. The van der Waals surface area contributed by atoms with Gasteiger partial charge in [0.2, 0.25) is 5.91 Å². The Morgan fingerprint density at radius 3 is 2.41 bits per heavy atom. The number of rotatable bonds is 1. The fraction of sp³-hybridized carbons (Fsp3) is 0.800. The number of nitrogens with one attached hydrogen (secondary N) is 1. The normalized spacial score (nSPS) is 31.4. The molecule has 4 rings (SSSR count). The minimum Gasteiger partial charge on any atom is -0.400 e. The summed E-state index contributed by atoms with van der Waals surface area (Å²) in [5.74, 6) is 1.98. The van der Waals surface area contributed by atoms with Gasteiger partial charge < -0.3 is 29.2 Å². The van der Waals surface area contributed by atoms with E-state index in [2.05, 4.69) is 39.0 Å². The lowest BCUT2D eigenvalue weighted by atomic mass is 9.84. The predicted molar refractivity (Wildman–Crippen MR) is 108 cm³/mol. The molecule has 0 aromatic rings. The lowest BCUT2D eigenvalue weighted by Gasteiger charge is -2.43. The first-order valence-corrected chi connectivity index (χ1v) is 10.6. The summed E-state index contributed by atoms with van der Waals surface area (Å²) >= 11 is 0. The van der Waals surface area contributed by atoms with Gasteiger partial charge in [0, 0.05) is 26.2 Å². The molecule has 0 aromatic heterocycles. The van der Waals surface area contributed by atoms with Gasteiger partial charge in [-0.25, -0.2) is 4.79 Å². The first kappa shape index (κ1) is 20.7. The van der Waals surface area contributed by atoms with Crippen LogP contribution in [0.2, 0.25) is 0 Å². The fourth-order valence-corrected chi connectivity index (χ4v) is 4.37. The summed E-state index contributed by atoms with van der Waals surface area (Å²) in [7, 11) is -0.328. The van der Waals surface area contributed by atoms with E-state index < -0.39 is 0 Å². The molecule has 4 saturated heterocycles. The maximum Gasteiger partial charge on any atom is 0.487 e. The molecule has 4 fully saturated rings. The molecule has 4 aliphatic rings. The highest BCUT2D eigenvalue weighted by Gasteiger charge is 2.50. The molecule has 4 aliphatic heterocycles. The van der Waals surface area contributed by atoms with Crippen LogP contribution in [0, 0.1) is 0 Å². The average Bonchev–Trinajstić information content (AvgIpc) is 2.87. The third-order valence-electron chi connectivity index (χ3n) is 6.91. The van der Waals surface area contributed by atoms with Gasteiger partial charge in [0.05, 0.1) is 23.3 Å². The summed E-state index contributed by atoms with van der Waals surface area (Å²) in [6.07, 6.45) is 2.44. The number of piperidine rings is 2. The second-order valence-corrected chi connectivity index (χ2v) is 9.48. The van der Waals surface area contributed by atoms with E-state index in [0.29, 0.717) is 26.2 Å². The van der Waals surface area contributed by atoms with Crippen molar-refractivity contribution < 1.29 is 23.6 Å². The monoisotopic (exact) mass is 405 g/mol. The number of hydrogen-bond donors (Lipinski definition) is 1. The summed E-state index contributed by atoms with van der Waals surface area (Å²) in [5, 5.41) is 2.95. The van der Waals surface area contributed by atoms with Crippen LogP contribution in [0.5, 0.6) is 0 Å². The second-order valence-electron chi connectivity index (χ2n) is 9.48. The van der Waals surface area contributed by atoms with Crippen LogP contribution in [0.3, 0.4) is 0 Å². The third-order valence-corrected chi connectivity index (χ3v) is 6.91. The van der Waals surface area contributed by atoms with Gasteiger partial charge in [0.1, 0.15) is 6.61 Å². The highest BCUT2D eigenvalue weighted by molar-refractivity contribution is 6.51. The highest BCUT2D eigenvalue weighted by atomic mass is 16.7. The first-order chi connectivity index (χ1) is 13.6. The molecule has 3 amide bonds. The third kappa shape index (κ3) is 4.18. The Hall–Kier alpha value is -1.58. The van der Waals surface area contributed by atoms with Crippen LogP contribution in [0.15, 0.2) is 11.5 Å². The van der Waals surface area contributed by atoms with E-state index in [4.69, 9.17) is 14.0 Å². The summed E-state index contributed by atoms with van der Waals surface area (Å²) in [5.41, 5.74) is 0.602. The number of likely N-dealkylation sites (tertiary alicyclic amines) is 2. The molecule has 0 bridgehead atoms. The zero-order valence-corrected chi connectivity index (χ0v) is 17.9. The van der Waals surface area contributed by atoms with Crippen molar-refractivity contribution in [1.29, 1.82) is 0 Å². The zero-order valence-electron chi connectivity index (χ0n) is 17.9. The van der Waals surface area contributed by atoms with E-state index in [9.17, 15) is 9.59 Å². The van der Waals surface area contributed by atoms with Crippen molar-refractivity contribution in [2.45, 2.75) is 70.3 Å². The minimum atomic E-state index is -0.338. The van der Waals surface area contributed by atoms with Gasteiger partial charge in [-0.1, -0.05) is 11.5 Å². The Morgan fingerprint density at radius 2 is 1.76 bits per heavy atom. The van der Waals surface area contributed by atoms with Crippen LogP contribution >= 0.6 is 0 Å². The van der Waals surface area contributed by atoms with Crippen molar-refractivity contribution in [2.24, 2.45) is 0 Å². The maximum atomic E-state index is 13.0. The molecule has 4 heterocycles. The number of urea groups is 1. The number of carbonyl (C=O) groups is 2. The number of morpholine rings is 1. The standard InChI is InChI=1S/C20H32BN3O5/c1-19(2)20(3,4)29-21(28-19)11-14-5-8-23(9-6-14)18(26)24-10-7-16-15(12-24)22-17(25)13-27-16/h11,15-16H,5-10,12-13H2,1-4H3,(H,22,25)/t15-,16+/m1/s1. The molecule has 1 N–H and O–H groups in total. The SMILES string of the molecule is CC1(C)OB(C=C2CCN(C(=O)N3CC[C@@H]4OCC(=O)N[C@@H]4C3)CC2)OC1(C)C. The molecule has 0 spiro atoms. The maximum absolute atomic E-state index is 13.0. The molecule has 0 saturated carbocycles. The van der Waals surface area contributed by atoms with E-state index in [1.807, 2.05) is 9.80 Å². The lowest BCUT2D eigenvalue weighted by Crippen LogP contribution is -2.62. The Balaban J connectivity index is 1.29. The van der Waals surface area contributed by atoms with Crippen molar-refractivity contribution in [1.82, 2.24) is 15.1 Å². The number of hydrogen-bond acceptors (Lipinski definition) is 5. The van der Waals surface area contributed by atoms with Gasteiger partial charge in [0.25, 0.3) is 0 Å². The average molecular weight is 405 g/mol. The number of amides is 3. The van der Waals surface area contributed by atoms with Gasteiger partial charge in [-0.15, -0.1) is 0 Å². The largest absolute Gasteiger partial charge is 0.487 e. The molecule has 0 aliphatic carbocycles. The summed E-state index contributed by atoms with van der Waals surface area (Å²) in [4.78, 5) is 28.3. The Bertz CT molecular complexity index is 684. The van der Waals surface area contributed by atoms with Crippen molar-refractivity contribution in [3.05, 3.63) is 11.5 Å². The molecule has 8 nitrogen and oxygen atoms in total. The van der Waals surface area contributed by atoms with Crippen molar-refractivity contribution in [2.75, 3.05) is 32.8 Å². The van der Waals surface area contributed by atoms with Gasteiger partial charge in [-0.2, -0.15) is 0 Å². The van der Waals surface area contributed by atoms with E-state index in [1.54, 1.807) is 0 Å². The molecule has 29 heavy (non-hydrogen) atoms. The van der Waals surface area contributed by atoms with E-state index in [1.165, 1.54) is 5.57 Å². The van der Waals surface area contributed by atoms with Crippen LogP contribution in [0.4, 0.5) is 4.79 Å². The van der Waals surface area contributed by atoms with E-state index in [-0.39, 0.29) is 49.0 Å². The van der Waals surface area contributed by atoms with Crippen LogP contribution in [0.1, 0.15) is 47.0 Å². The molecule has 2 atom stereocenters. The van der Waals surface area contributed by atoms with Crippen molar-refractivity contribution >= 4 is 19.1 Å². The molecule has 0 unspecified atom stereocenters. The smallest absolute Gasteiger partial charge is 0.400 e. The predicted octanol–water partition coefficient (Wildman–Crippen LogP) is 1.35. The van der Waals surface area contributed by atoms with Gasteiger partial charge in [0.15, 0.2) is 0 Å². The number of ether oxygens (including phenoxy) is 1. The van der Waals surface area contributed by atoms with Crippen LogP contribution < -0.4 is 5.32 Å². The topological polar surface area (TPSA) is 80.3 Å². The Kier molecular flexibility index (Phi) is 5.42. The first-order valence-electron chi connectivity index (χ1n) is 10.6. The summed E-state index contributed by atoms with van der Waals surface area (Å²) in [6, 6.07) is -0.0458. The highest BCUT2D eigenvalue weighted by Crippen LogP contribution is 2.37. The van der Waals surface area contributed by atoms with Gasteiger partial charge in [-0.05, 0) is 47.0 Å². The van der Waals surface area contributed by atoms with Gasteiger partial charge in [-0.3, -0.25) is 4.79 Å². The Morgan fingerprint density at radius 1 is 1.10 bits per heavy atom. The quantitative estimate of drug-likeness (QED) is 0.667. The van der Waals surface area contributed by atoms with Gasteiger partial charge >= 0.3 is 13.1 Å². The number of fused-ring (bicyclic) bond motifs is 1. The van der Waals surface area contributed by atoms with E-state index >= 15 is 0 Å². The Labute approximate surface area is 173 Å². The number of carbonyl (C=O) groups excluding carboxylic acids is 2. The summed E-state index contributed by atoms with van der Waals surface area (Å²) < 4.78 is 17.7. The van der Waals surface area contributed by atoms with E-state index in [0.717, 1.165) is 19.3 Å². The van der Waals surface area contributed by atoms with Crippen molar-refractivity contribution in [3.63, 3.8) is 0 Å². The molecule has 9 heteroatoms. The van der Waals surface area contributed by atoms with Crippen LogP contribution in [-0.2, 0) is 18.8 Å². The van der Waals surface area contributed by atoms with Crippen LogP contribution in [0.25, 0.3) is 0 Å². The lowest BCUT2D eigenvalue weighted by molar-refractivity contribution is -0.139. The molecular weight excluding hydrogens is 373 g/mol. The molecular formula is C20H32BN3O5. The fourth-order valence-electron chi connectivity index (χ4n) is 4.37. The molecule has 160 valence electrons. The molecule has 0 aromatic carbocycles. The minimum absolute atomic E-state index is 0.0209. The van der Waals surface area contributed by atoms with Crippen LogP contribution in [-0.4, -0.2) is 85.0 Å². The zero-order chi connectivity index (χ0) is 20.8. The summed E-state index contributed by atoms with van der Waals surface area (Å²) in [6.45, 7) is 10.9.